The van der Waals surface area contributed by atoms with Crippen LogP contribution >= 0.6 is 0 Å². The molecule has 0 unspecified atom stereocenters. The molecule has 2 N–H and O–H groups in total. The number of hydrogen-bond donors (Lipinski definition) is 2. The number of amides is 2. The second kappa shape index (κ2) is 7.41. The van der Waals surface area contributed by atoms with Crippen LogP contribution in [0.5, 0.6) is 0 Å². The Morgan fingerprint density at radius 1 is 1.39 bits per heavy atom. The molecule has 18 heavy (non-hydrogen) atoms. The van der Waals surface area contributed by atoms with Gasteiger partial charge in [0.1, 0.15) is 6.33 Å². The third kappa shape index (κ3) is 4.15. The van der Waals surface area contributed by atoms with Gasteiger partial charge in [0.2, 0.25) is 11.7 Å². The molecule has 100 valence electrons. The molecule has 0 spiro atoms. The Morgan fingerprint density at radius 2 is 2.17 bits per heavy atom. The van der Waals surface area contributed by atoms with E-state index < -0.39 is 0 Å². The molecule has 0 saturated carbocycles. The van der Waals surface area contributed by atoms with Crippen molar-refractivity contribution >= 4 is 11.8 Å². The van der Waals surface area contributed by atoms with Crippen molar-refractivity contribution in [3.63, 3.8) is 0 Å². The standard InChI is InChI=1S/C11H19N5O2/c1-3-5-12-9(17)7-16(6-4-2)11(18)10-13-8-14-15-10/h8H,3-7H2,1-2H3,(H,12,17)(H,13,14,15). The number of nitrogens with one attached hydrogen (secondary N) is 2. The van der Waals surface area contributed by atoms with Crippen molar-refractivity contribution in [3.8, 4) is 0 Å². The number of nitrogens with zero attached hydrogens (tertiary/aromatic N) is 3. The quantitative estimate of drug-likeness (QED) is 0.725. The summed E-state index contributed by atoms with van der Waals surface area (Å²) in [6.07, 6.45) is 2.92. The Kier molecular flexibility index (Phi) is 5.83. The lowest BCUT2D eigenvalue weighted by Gasteiger charge is -2.20. The van der Waals surface area contributed by atoms with Crippen LogP contribution in [0.1, 0.15) is 37.3 Å². The fourth-order valence-corrected chi connectivity index (χ4v) is 1.47. The van der Waals surface area contributed by atoms with Gasteiger partial charge in [-0.3, -0.25) is 14.7 Å². The topological polar surface area (TPSA) is 91.0 Å². The Balaban J connectivity index is 2.59. The van der Waals surface area contributed by atoms with Gasteiger partial charge in [0, 0.05) is 13.1 Å². The van der Waals surface area contributed by atoms with E-state index in [9.17, 15) is 9.59 Å². The van der Waals surface area contributed by atoms with Gasteiger partial charge in [-0.2, -0.15) is 5.10 Å². The molecule has 0 bridgehead atoms. The number of hydrogen-bond acceptors (Lipinski definition) is 4. The Bertz CT molecular complexity index is 377. The van der Waals surface area contributed by atoms with Crippen LogP contribution < -0.4 is 5.32 Å². The molecule has 0 aliphatic heterocycles. The van der Waals surface area contributed by atoms with E-state index in [1.165, 1.54) is 11.2 Å². The number of aromatic nitrogens is 3. The summed E-state index contributed by atoms with van der Waals surface area (Å²) in [6, 6.07) is 0. The normalized spacial score (nSPS) is 10.1. The van der Waals surface area contributed by atoms with E-state index in [1.807, 2.05) is 13.8 Å². The molecule has 0 atom stereocenters. The van der Waals surface area contributed by atoms with E-state index in [-0.39, 0.29) is 24.2 Å². The number of carbonyl (C=O) groups excluding carboxylic acids is 2. The summed E-state index contributed by atoms with van der Waals surface area (Å²) in [5.74, 6) is -0.300. The highest BCUT2D eigenvalue weighted by Gasteiger charge is 2.19. The average Bonchev–Trinajstić information content (AvgIpc) is 2.88. The van der Waals surface area contributed by atoms with Gasteiger partial charge in [-0.25, -0.2) is 4.98 Å². The Labute approximate surface area is 106 Å². The van der Waals surface area contributed by atoms with Crippen LogP contribution in [0.2, 0.25) is 0 Å². The highest BCUT2D eigenvalue weighted by atomic mass is 16.2. The van der Waals surface area contributed by atoms with Gasteiger partial charge in [0.05, 0.1) is 6.54 Å². The summed E-state index contributed by atoms with van der Waals surface area (Å²) in [7, 11) is 0. The Morgan fingerprint density at radius 3 is 2.72 bits per heavy atom. The van der Waals surface area contributed by atoms with Crippen LogP contribution in [0, 0.1) is 0 Å². The van der Waals surface area contributed by atoms with E-state index in [0.29, 0.717) is 13.1 Å². The van der Waals surface area contributed by atoms with Gasteiger partial charge in [-0.05, 0) is 12.8 Å². The molecule has 7 nitrogen and oxygen atoms in total. The molecule has 1 aromatic heterocycles. The SMILES string of the molecule is CCCNC(=O)CN(CCC)C(=O)c1ncn[nH]1. The van der Waals surface area contributed by atoms with Crippen LogP contribution in [-0.2, 0) is 4.79 Å². The third-order valence-electron chi connectivity index (χ3n) is 2.30. The van der Waals surface area contributed by atoms with Crippen LogP contribution in [0.4, 0.5) is 0 Å². The van der Waals surface area contributed by atoms with Gasteiger partial charge in [0.15, 0.2) is 0 Å². The van der Waals surface area contributed by atoms with Crippen LogP contribution in [0.3, 0.4) is 0 Å². The molecule has 0 aromatic carbocycles. The molecule has 1 heterocycles. The summed E-state index contributed by atoms with van der Waals surface area (Å²) < 4.78 is 0. The lowest BCUT2D eigenvalue weighted by Crippen LogP contribution is -2.41. The van der Waals surface area contributed by atoms with Crippen LogP contribution in [0.25, 0.3) is 0 Å². The van der Waals surface area contributed by atoms with Gasteiger partial charge in [-0.1, -0.05) is 13.8 Å². The minimum absolute atomic E-state index is 0.0490. The first-order chi connectivity index (χ1) is 8.69. The molecule has 0 radical (unpaired) electrons. The molecule has 1 rings (SSSR count). The van der Waals surface area contributed by atoms with E-state index in [4.69, 9.17) is 0 Å². The number of aromatic amines is 1. The highest BCUT2D eigenvalue weighted by molar-refractivity contribution is 5.93. The van der Waals surface area contributed by atoms with Gasteiger partial charge in [0.25, 0.3) is 5.91 Å². The molecule has 0 aliphatic carbocycles. The first-order valence-electron chi connectivity index (χ1n) is 6.10. The molecule has 0 saturated heterocycles. The number of H-pyrrole nitrogens is 1. The zero-order valence-corrected chi connectivity index (χ0v) is 10.8. The molecule has 7 heteroatoms. The summed E-state index contributed by atoms with van der Waals surface area (Å²) in [4.78, 5) is 28.9. The fraction of sp³-hybridized carbons (Fsp3) is 0.636. The molecule has 0 aliphatic rings. The van der Waals surface area contributed by atoms with Crippen LogP contribution in [-0.4, -0.2) is 51.5 Å². The fourth-order valence-electron chi connectivity index (χ4n) is 1.47. The van der Waals surface area contributed by atoms with Gasteiger partial charge >= 0.3 is 0 Å². The summed E-state index contributed by atoms with van der Waals surface area (Å²) in [5.41, 5.74) is 0. The third-order valence-corrected chi connectivity index (χ3v) is 2.30. The van der Waals surface area contributed by atoms with Crippen molar-refractivity contribution < 1.29 is 9.59 Å². The van der Waals surface area contributed by atoms with Crippen molar-refractivity contribution in [2.75, 3.05) is 19.6 Å². The molecular formula is C11H19N5O2. The van der Waals surface area contributed by atoms with Crippen molar-refractivity contribution in [1.29, 1.82) is 0 Å². The largest absolute Gasteiger partial charge is 0.355 e. The van der Waals surface area contributed by atoms with Crippen molar-refractivity contribution in [2.45, 2.75) is 26.7 Å². The van der Waals surface area contributed by atoms with E-state index in [1.54, 1.807) is 0 Å². The van der Waals surface area contributed by atoms with Crippen molar-refractivity contribution in [2.24, 2.45) is 0 Å². The zero-order chi connectivity index (χ0) is 13.4. The van der Waals surface area contributed by atoms with E-state index >= 15 is 0 Å². The second-order valence-corrected chi connectivity index (χ2v) is 3.91. The monoisotopic (exact) mass is 253 g/mol. The van der Waals surface area contributed by atoms with Gasteiger partial charge < -0.3 is 10.2 Å². The second-order valence-electron chi connectivity index (χ2n) is 3.91. The molecule has 2 amide bonds. The molecular weight excluding hydrogens is 234 g/mol. The van der Waals surface area contributed by atoms with Gasteiger partial charge in [-0.15, -0.1) is 0 Å². The minimum Gasteiger partial charge on any atom is -0.355 e. The van der Waals surface area contributed by atoms with Crippen molar-refractivity contribution in [1.82, 2.24) is 25.4 Å². The summed E-state index contributed by atoms with van der Waals surface area (Å²) >= 11 is 0. The number of rotatable bonds is 7. The predicted molar refractivity (Wildman–Crippen MR) is 65.9 cm³/mol. The maximum atomic E-state index is 12.0. The van der Waals surface area contributed by atoms with Crippen molar-refractivity contribution in [3.05, 3.63) is 12.2 Å². The van der Waals surface area contributed by atoms with Crippen LogP contribution in [0.15, 0.2) is 6.33 Å². The smallest absolute Gasteiger partial charge is 0.291 e. The molecule has 0 fully saturated rings. The lowest BCUT2D eigenvalue weighted by molar-refractivity contribution is -0.121. The predicted octanol–water partition coefficient (Wildman–Crippen LogP) is 0.183. The first-order valence-corrected chi connectivity index (χ1v) is 6.10. The minimum atomic E-state index is -0.305. The first kappa shape index (κ1) is 14.1. The van der Waals surface area contributed by atoms with E-state index in [2.05, 4.69) is 20.5 Å². The summed E-state index contributed by atoms with van der Waals surface area (Å²) in [6.45, 7) is 5.11. The van der Waals surface area contributed by atoms with E-state index in [0.717, 1.165) is 12.8 Å². The highest BCUT2D eigenvalue weighted by Crippen LogP contribution is 1.99. The molecule has 1 aromatic rings. The maximum absolute atomic E-state index is 12.0. The Hall–Kier alpha value is -1.92. The maximum Gasteiger partial charge on any atom is 0.291 e. The average molecular weight is 253 g/mol. The summed E-state index contributed by atoms with van der Waals surface area (Å²) in [5, 5.41) is 8.88. The number of carbonyl (C=O) groups is 2. The zero-order valence-electron chi connectivity index (χ0n) is 10.8. The lowest BCUT2D eigenvalue weighted by atomic mass is 10.3.